The van der Waals surface area contributed by atoms with Gasteiger partial charge < -0.3 is 14.6 Å². The van der Waals surface area contributed by atoms with E-state index in [0.29, 0.717) is 16.9 Å². The van der Waals surface area contributed by atoms with E-state index in [1.807, 2.05) is 19.2 Å². The van der Waals surface area contributed by atoms with Crippen LogP contribution in [0.2, 0.25) is 0 Å². The third-order valence-electron chi connectivity index (χ3n) is 6.49. The predicted molar refractivity (Wildman–Crippen MR) is 136 cm³/mol. The number of hydrogen-bond donors (Lipinski definition) is 1. The lowest BCUT2D eigenvalue weighted by molar-refractivity contribution is 0.513. The van der Waals surface area contributed by atoms with Crippen LogP contribution in [-0.2, 0) is 0 Å². The summed E-state index contributed by atoms with van der Waals surface area (Å²) in [5, 5.41) is 6.35. The number of benzene rings is 3. The lowest BCUT2D eigenvalue weighted by atomic mass is 10.0. The second-order valence-corrected chi connectivity index (χ2v) is 9.48. The number of para-hydroxylation sites is 1. The highest BCUT2D eigenvalue weighted by Crippen LogP contribution is 2.42. The van der Waals surface area contributed by atoms with Crippen LogP contribution in [0.3, 0.4) is 0 Å². The van der Waals surface area contributed by atoms with E-state index in [2.05, 4.69) is 52.7 Å². The first-order chi connectivity index (χ1) is 15.7. The van der Waals surface area contributed by atoms with Gasteiger partial charge in [0.15, 0.2) is 11.3 Å². The van der Waals surface area contributed by atoms with Gasteiger partial charge in [-0.1, -0.05) is 30.3 Å². The van der Waals surface area contributed by atoms with Crippen LogP contribution in [0.25, 0.3) is 42.3 Å². The van der Waals surface area contributed by atoms with Crippen molar-refractivity contribution in [2.24, 2.45) is 0 Å². The Labute approximate surface area is 190 Å². The molecule has 5 aromatic rings. The first-order valence-corrected chi connectivity index (χ1v) is 12.0. The van der Waals surface area contributed by atoms with Gasteiger partial charge >= 0.3 is 0 Å². The fourth-order valence-corrected chi connectivity index (χ4v) is 6.02. The number of rotatable bonds is 3. The monoisotopic (exact) mass is 440 g/mol. The summed E-state index contributed by atoms with van der Waals surface area (Å²) in [4.78, 5) is 15.2. The Morgan fingerprint density at radius 3 is 2.47 bits per heavy atom. The number of nitrogens with one attached hydrogen (secondary N) is 1. The van der Waals surface area contributed by atoms with Crippen molar-refractivity contribution in [2.45, 2.75) is 19.3 Å². The van der Waals surface area contributed by atoms with Gasteiger partial charge in [-0.15, -0.1) is 11.3 Å². The molecule has 0 bridgehead atoms. The summed E-state index contributed by atoms with van der Waals surface area (Å²) in [5.74, 6) is 0.692. The van der Waals surface area contributed by atoms with E-state index >= 15 is 0 Å². The molecule has 3 heterocycles. The molecule has 1 fully saturated rings. The van der Waals surface area contributed by atoms with E-state index < -0.39 is 0 Å². The number of nitrogens with zero attached hydrogens (tertiary/aromatic N) is 1. The standard InChI is InChI=1S/C27H24N2O2S/c1-28-17-11-12-24-22(15-17)20-9-6-8-19(27(20)32-24)18-7-5-10-21-23(30)16-25(31-26(18)21)29-13-3-2-4-14-29/h5-12,15-16,28H,2-4,13-14H2,1H3. The quantitative estimate of drug-likeness (QED) is 0.333. The van der Waals surface area contributed by atoms with Gasteiger partial charge in [0.25, 0.3) is 0 Å². The van der Waals surface area contributed by atoms with Crippen molar-refractivity contribution in [3.63, 3.8) is 0 Å². The first-order valence-electron chi connectivity index (χ1n) is 11.2. The topological polar surface area (TPSA) is 45.5 Å². The maximum Gasteiger partial charge on any atom is 0.200 e. The van der Waals surface area contributed by atoms with Crippen LogP contribution in [-0.4, -0.2) is 20.1 Å². The maximum atomic E-state index is 13.0. The summed E-state index contributed by atoms with van der Waals surface area (Å²) in [6.45, 7) is 1.88. The van der Waals surface area contributed by atoms with E-state index in [1.54, 1.807) is 17.4 Å². The molecule has 1 N–H and O–H groups in total. The van der Waals surface area contributed by atoms with Crippen LogP contribution in [0.4, 0.5) is 11.6 Å². The van der Waals surface area contributed by atoms with E-state index in [9.17, 15) is 4.79 Å². The van der Waals surface area contributed by atoms with Gasteiger partial charge in [-0.25, -0.2) is 0 Å². The molecule has 0 amide bonds. The minimum atomic E-state index is 0.0239. The van der Waals surface area contributed by atoms with Crippen LogP contribution in [0, 0.1) is 0 Å². The Balaban J connectivity index is 1.61. The molecule has 4 nitrogen and oxygen atoms in total. The van der Waals surface area contributed by atoms with Crippen molar-refractivity contribution in [2.75, 3.05) is 30.4 Å². The Bertz CT molecular complexity index is 1530. The Kier molecular flexibility index (Phi) is 4.65. The number of anilines is 2. The zero-order valence-electron chi connectivity index (χ0n) is 18.0. The minimum absolute atomic E-state index is 0.0239. The lowest BCUT2D eigenvalue weighted by Gasteiger charge is -2.27. The van der Waals surface area contributed by atoms with Crippen molar-refractivity contribution in [1.82, 2.24) is 0 Å². The molecule has 5 heteroatoms. The average Bonchev–Trinajstić information content (AvgIpc) is 3.22. The highest BCUT2D eigenvalue weighted by molar-refractivity contribution is 7.26. The van der Waals surface area contributed by atoms with Crippen LogP contribution in [0.1, 0.15) is 19.3 Å². The normalized spacial score (nSPS) is 14.5. The van der Waals surface area contributed by atoms with Gasteiger partial charge in [0, 0.05) is 63.2 Å². The van der Waals surface area contributed by atoms with E-state index in [0.717, 1.165) is 42.7 Å². The number of thiophene rings is 1. The molecule has 0 atom stereocenters. The second kappa shape index (κ2) is 7.68. The Hall–Kier alpha value is -3.31. The Morgan fingerprint density at radius 2 is 1.66 bits per heavy atom. The van der Waals surface area contributed by atoms with Crippen LogP contribution in [0.5, 0.6) is 0 Å². The summed E-state index contributed by atoms with van der Waals surface area (Å²) >= 11 is 1.79. The zero-order valence-corrected chi connectivity index (χ0v) is 18.8. The Morgan fingerprint density at radius 1 is 0.875 bits per heavy atom. The fourth-order valence-electron chi connectivity index (χ4n) is 4.81. The van der Waals surface area contributed by atoms with Crippen molar-refractivity contribution < 1.29 is 4.42 Å². The summed E-state index contributed by atoms with van der Waals surface area (Å²) < 4.78 is 8.92. The van der Waals surface area contributed by atoms with Gasteiger partial charge in [-0.2, -0.15) is 0 Å². The fraction of sp³-hybridized carbons (Fsp3) is 0.222. The van der Waals surface area contributed by atoms with E-state index in [1.165, 1.54) is 26.6 Å². The smallest absolute Gasteiger partial charge is 0.200 e. The molecule has 0 radical (unpaired) electrons. The predicted octanol–water partition coefficient (Wildman–Crippen LogP) is 6.86. The third kappa shape index (κ3) is 3.07. The van der Waals surface area contributed by atoms with Gasteiger partial charge in [0.2, 0.25) is 0 Å². The molecule has 0 spiro atoms. The molecule has 3 aromatic carbocycles. The molecule has 0 unspecified atom stereocenters. The lowest BCUT2D eigenvalue weighted by Crippen LogP contribution is -2.30. The molecule has 0 aliphatic carbocycles. The van der Waals surface area contributed by atoms with E-state index in [-0.39, 0.29) is 5.43 Å². The molecule has 0 saturated carbocycles. The summed E-state index contributed by atoms with van der Waals surface area (Å²) in [7, 11) is 1.94. The van der Waals surface area contributed by atoms with Gasteiger partial charge in [0.1, 0.15) is 5.58 Å². The average molecular weight is 441 g/mol. The maximum absolute atomic E-state index is 13.0. The van der Waals surface area contributed by atoms with Crippen LogP contribution >= 0.6 is 11.3 Å². The number of fused-ring (bicyclic) bond motifs is 4. The SMILES string of the molecule is CNc1ccc2sc3c(-c4cccc5c(=O)cc(N6CCCCC6)oc45)cccc3c2c1. The minimum Gasteiger partial charge on any atom is -0.440 e. The molecular formula is C27H24N2O2S. The molecular weight excluding hydrogens is 416 g/mol. The number of piperidine rings is 1. The molecule has 1 aliphatic heterocycles. The van der Waals surface area contributed by atoms with Crippen molar-refractivity contribution >= 4 is 54.0 Å². The van der Waals surface area contributed by atoms with Crippen LogP contribution in [0.15, 0.2) is 69.9 Å². The largest absolute Gasteiger partial charge is 0.440 e. The number of hydrogen-bond acceptors (Lipinski definition) is 5. The summed E-state index contributed by atoms with van der Waals surface area (Å²) in [6.07, 6.45) is 3.51. The van der Waals surface area contributed by atoms with Crippen molar-refractivity contribution in [3.8, 4) is 11.1 Å². The van der Waals surface area contributed by atoms with Crippen LogP contribution < -0.4 is 15.6 Å². The molecule has 32 heavy (non-hydrogen) atoms. The summed E-state index contributed by atoms with van der Waals surface area (Å²) in [5.41, 5.74) is 3.89. The van der Waals surface area contributed by atoms with Crippen molar-refractivity contribution in [3.05, 3.63) is 70.9 Å². The van der Waals surface area contributed by atoms with Gasteiger partial charge in [-0.05, 0) is 43.5 Å². The molecule has 6 rings (SSSR count). The van der Waals surface area contributed by atoms with E-state index in [4.69, 9.17) is 4.42 Å². The van der Waals surface area contributed by atoms with Gasteiger partial charge in [-0.3, -0.25) is 4.79 Å². The first kappa shape index (κ1) is 19.4. The molecule has 1 saturated heterocycles. The van der Waals surface area contributed by atoms with Gasteiger partial charge in [0.05, 0.1) is 5.39 Å². The third-order valence-corrected chi connectivity index (χ3v) is 7.70. The highest BCUT2D eigenvalue weighted by Gasteiger charge is 2.18. The molecule has 2 aromatic heterocycles. The van der Waals surface area contributed by atoms with Crippen molar-refractivity contribution in [1.29, 1.82) is 0 Å². The second-order valence-electron chi connectivity index (χ2n) is 8.42. The summed E-state index contributed by atoms with van der Waals surface area (Å²) in [6, 6.07) is 20.5. The highest BCUT2D eigenvalue weighted by atomic mass is 32.1. The molecule has 1 aliphatic rings. The molecule has 160 valence electrons. The zero-order chi connectivity index (χ0) is 21.7.